The molecule has 6 heteroatoms. The molecule has 4 N–H and O–H groups in total. The van der Waals surface area contributed by atoms with Gasteiger partial charge in [-0.15, -0.1) is 0 Å². The first-order valence-corrected chi connectivity index (χ1v) is 8.20. The number of benzene rings is 1. The van der Waals surface area contributed by atoms with Crippen LogP contribution in [0, 0.1) is 0 Å². The molecule has 1 aliphatic rings. The molecule has 6 nitrogen and oxygen atoms in total. The average molecular weight is 328 g/mol. The number of rotatable bonds is 7. The zero-order chi connectivity index (χ0) is 16.9. The van der Waals surface area contributed by atoms with Crippen molar-refractivity contribution < 1.29 is 19.3 Å². The second-order valence-corrected chi connectivity index (χ2v) is 6.09. The Morgan fingerprint density at radius 2 is 2.04 bits per heavy atom. The normalized spacial score (nSPS) is 14.9. The van der Waals surface area contributed by atoms with Crippen LogP contribution in [0.3, 0.4) is 0 Å². The first-order chi connectivity index (χ1) is 11.6. The summed E-state index contributed by atoms with van der Waals surface area (Å²) in [6.45, 7) is 2.23. The predicted molar refractivity (Wildman–Crippen MR) is 89.5 cm³/mol. The van der Waals surface area contributed by atoms with Gasteiger partial charge in [-0.25, -0.2) is 0 Å². The van der Waals surface area contributed by atoms with Crippen molar-refractivity contribution in [3.05, 3.63) is 54.0 Å². The average Bonchev–Trinajstić information content (AvgIpc) is 3.22. The molecular weight excluding hydrogens is 306 g/mol. The number of nitrogens with two attached hydrogens (primary N) is 1. The van der Waals surface area contributed by atoms with Crippen molar-refractivity contribution in [3.63, 3.8) is 0 Å². The van der Waals surface area contributed by atoms with E-state index in [2.05, 4.69) is 10.6 Å². The van der Waals surface area contributed by atoms with Gasteiger partial charge in [0.25, 0.3) is 11.8 Å². The molecule has 1 heterocycles. The standard InChI is InChI=1S/C18H21N3O3/c1-12(16-7-4-10-24-16)19-11-17(22)21-15-6-3-2-5-14(15)18(23)20-13-8-9-13/h2-7,10,12-13,19H,8-9,11H2,1H3,(H,20,23)(H,21,22)/p+1/t12-/m1/s1. The Kier molecular flexibility index (Phi) is 4.96. The summed E-state index contributed by atoms with van der Waals surface area (Å²) in [7, 11) is 0. The number of para-hydroxylation sites is 1. The fourth-order valence-corrected chi connectivity index (χ4v) is 2.43. The number of anilines is 1. The number of nitrogens with one attached hydrogen (secondary N) is 2. The highest BCUT2D eigenvalue weighted by molar-refractivity contribution is 6.04. The van der Waals surface area contributed by atoms with Gasteiger partial charge in [0.1, 0.15) is 6.04 Å². The summed E-state index contributed by atoms with van der Waals surface area (Å²) in [5, 5.41) is 7.66. The van der Waals surface area contributed by atoms with E-state index in [1.54, 1.807) is 30.5 Å². The highest BCUT2D eigenvalue weighted by Crippen LogP contribution is 2.21. The maximum absolute atomic E-state index is 12.2. The monoisotopic (exact) mass is 328 g/mol. The summed E-state index contributed by atoms with van der Waals surface area (Å²) in [6.07, 6.45) is 3.67. The van der Waals surface area contributed by atoms with Gasteiger partial charge in [0.05, 0.1) is 17.5 Å². The Morgan fingerprint density at radius 1 is 1.25 bits per heavy atom. The van der Waals surface area contributed by atoms with Crippen molar-refractivity contribution in [1.29, 1.82) is 0 Å². The van der Waals surface area contributed by atoms with E-state index in [1.165, 1.54) is 0 Å². The number of hydrogen-bond donors (Lipinski definition) is 3. The van der Waals surface area contributed by atoms with Gasteiger partial charge in [-0.3, -0.25) is 9.59 Å². The number of carbonyl (C=O) groups excluding carboxylic acids is 2. The summed E-state index contributed by atoms with van der Waals surface area (Å²) in [5.41, 5.74) is 1.04. The van der Waals surface area contributed by atoms with Gasteiger partial charge < -0.3 is 20.4 Å². The molecule has 0 unspecified atom stereocenters. The van der Waals surface area contributed by atoms with Gasteiger partial charge in [-0.1, -0.05) is 12.1 Å². The molecule has 1 aromatic carbocycles. The van der Waals surface area contributed by atoms with E-state index in [0.29, 0.717) is 11.3 Å². The van der Waals surface area contributed by atoms with Crippen molar-refractivity contribution in [2.45, 2.75) is 31.8 Å². The van der Waals surface area contributed by atoms with Crippen LogP contribution >= 0.6 is 0 Å². The van der Waals surface area contributed by atoms with Crippen LogP contribution in [0.15, 0.2) is 47.1 Å². The molecule has 1 fully saturated rings. The Bertz CT molecular complexity index is 708. The largest absolute Gasteiger partial charge is 0.463 e. The maximum atomic E-state index is 12.2. The SMILES string of the molecule is C[C@@H]([NH2+]CC(=O)Nc1ccccc1C(=O)NC1CC1)c1ccco1. The number of amides is 2. The fraction of sp³-hybridized carbons (Fsp3) is 0.333. The zero-order valence-corrected chi connectivity index (χ0v) is 13.6. The Balaban J connectivity index is 1.56. The molecule has 24 heavy (non-hydrogen) atoms. The van der Waals surface area contributed by atoms with Crippen molar-refractivity contribution in [1.82, 2.24) is 5.32 Å². The maximum Gasteiger partial charge on any atom is 0.279 e. The van der Waals surface area contributed by atoms with Crippen molar-refractivity contribution >= 4 is 17.5 Å². The molecule has 0 radical (unpaired) electrons. The summed E-state index contributed by atoms with van der Waals surface area (Å²) >= 11 is 0. The number of carbonyl (C=O) groups is 2. The lowest BCUT2D eigenvalue weighted by Crippen LogP contribution is -2.86. The lowest BCUT2D eigenvalue weighted by Gasteiger charge is -2.12. The molecule has 0 bridgehead atoms. The molecule has 1 saturated carbocycles. The minimum absolute atomic E-state index is 0.0548. The second kappa shape index (κ2) is 7.31. The molecule has 1 aromatic heterocycles. The molecule has 0 saturated heterocycles. The zero-order valence-electron chi connectivity index (χ0n) is 13.6. The molecule has 0 aliphatic heterocycles. The quantitative estimate of drug-likeness (QED) is 0.718. The van der Waals surface area contributed by atoms with Gasteiger partial charge in [0.15, 0.2) is 12.3 Å². The number of hydrogen-bond acceptors (Lipinski definition) is 3. The first-order valence-electron chi connectivity index (χ1n) is 8.20. The van der Waals surface area contributed by atoms with Crippen LogP contribution in [-0.2, 0) is 4.79 Å². The van der Waals surface area contributed by atoms with E-state index in [1.807, 2.05) is 24.4 Å². The van der Waals surface area contributed by atoms with Crippen LogP contribution in [0.25, 0.3) is 0 Å². The third kappa shape index (κ3) is 4.23. The van der Waals surface area contributed by atoms with Crippen LogP contribution < -0.4 is 16.0 Å². The molecule has 2 amide bonds. The minimum atomic E-state index is -0.153. The molecule has 3 rings (SSSR count). The van der Waals surface area contributed by atoms with Crippen molar-refractivity contribution in [2.75, 3.05) is 11.9 Å². The van der Waals surface area contributed by atoms with E-state index in [9.17, 15) is 9.59 Å². The minimum Gasteiger partial charge on any atom is -0.463 e. The predicted octanol–water partition coefficient (Wildman–Crippen LogP) is 1.43. The summed E-state index contributed by atoms with van der Waals surface area (Å²) in [6, 6.07) is 11.1. The molecular formula is C18H22N3O3+. The van der Waals surface area contributed by atoms with E-state index in [4.69, 9.17) is 4.42 Å². The van der Waals surface area contributed by atoms with Gasteiger partial charge in [0, 0.05) is 6.04 Å². The van der Waals surface area contributed by atoms with Crippen LogP contribution in [0.2, 0.25) is 0 Å². The third-order valence-electron chi connectivity index (χ3n) is 4.01. The van der Waals surface area contributed by atoms with E-state index < -0.39 is 0 Å². The number of furan rings is 1. The van der Waals surface area contributed by atoms with E-state index in [0.717, 1.165) is 18.6 Å². The topological polar surface area (TPSA) is 88.0 Å². The van der Waals surface area contributed by atoms with Crippen molar-refractivity contribution in [3.8, 4) is 0 Å². The Labute approximate surface area is 140 Å². The molecule has 0 spiro atoms. The van der Waals surface area contributed by atoms with Gasteiger partial charge in [-0.2, -0.15) is 0 Å². The molecule has 1 aliphatic carbocycles. The molecule has 126 valence electrons. The smallest absolute Gasteiger partial charge is 0.279 e. The lowest BCUT2D eigenvalue weighted by atomic mass is 10.1. The highest BCUT2D eigenvalue weighted by atomic mass is 16.3. The molecule has 1 atom stereocenters. The van der Waals surface area contributed by atoms with E-state index >= 15 is 0 Å². The Hall–Kier alpha value is -2.60. The lowest BCUT2D eigenvalue weighted by molar-refractivity contribution is -0.684. The van der Waals surface area contributed by atoms with Crippen LogP contribution in [0.1, 0.15) is 41.9 Å². The van der Waals surface area contributed by atoms with Crippen LogP contribution in [-0.4, -0.2) is 24.4 Å². The van der Waals surface area contributed by atoms with Gasteiger partial charge >= 0.3 is 0 Å². The van der Waals surface area contributed by atoms with Crippen LogP contribution in [0.4, 0.5) is 5.69 Å². The summed E-state index contributed by atoms with van der Waals surface area (Å²) < 4.78 is 5.32. The van der Waals surface area contributed by atoms with Gasteiger partial charge in [-0.05, 0) is 44.0 Å². The first kappa shape index (κ1) is 16.3. The van der Waals surface area contributed by atoms with E-state index in [-0.39, 0.29) is 30.4 Å². The second-order valence-electron chi connectivity index (χ2n) is 6.09. The van der Waals surface area contributed by atoms with Crippen molar-refractivity contribution in [2.24, 2.45) is 0 Å². The van der Waals surface area contributed by atoms with Gasteiger partial charge in [0.2, 0.25) is 0 Å². The highest BCUT2D eigenvalue weighted by Gasteiger charge is 2.25. The molecule has 2 aromatic rings. The fourth-order valence-electron chi connectivity index (χ4n) is 2.43. The number of quaternary nitrogens is 1. The third-order valence-corrected chi connectivity index (χ3v) is 4.01. The van der Waals surface area contributed by atoms with Crippen LogP contribution in [0.5, 0.6) is 0 Å². The Morgan fingerprint density at radius 3 is 2.75 bits per heavy atom. The summed E-state index contributed by atoms with van der Waals surface area (Å²) in [5.74, 6) is 0.536. The summed E-state index contributed by atoms with van der Waals surface area (Å²) in [4.78, 5) is 24.4.